The van der Waals surface area contributed by atoms with Gasteiger partial charge in [0, 0.05) is 12.7 Å². The van der Waals surface area contributed by atoms with Crippen LogP contribution in [0.5, 0.6) is 0 Å². The summed E-state index contributed by atoms with van der Waals surface area (Å²) in [5, 5.41) is 12.2. The summed E-state index contributed by atoms with van der Waals surface area (Å²) in [7, 11) is 0. The molecular formula is C11H14N4S2. The lowest BCUT2D eigenvalue weighted by atomic mass is 10.3. The first-order valence-corrected chi connectivity index (χ1v) is 7.18. The predicted octanol–water partition coefficient (Wildman–Crippen LogP) is 2.58. The molecule has 0 spiro atoms. The van der Waals surface area contributed by atoms with Crippen molar-refractivity contribution in [3.63, 3.8) is 0 Å². The molecule has 2 aromatic rings. The molecule has 0 saturated carbocycles. The molecule has 1 N–H and O–H groups in total. The van der Waals surface area contributed by atoms with E-state index in [9.17, 15) is 0 Å². The molecule has 0 amide bonds. The zero-order chi connectivity index (χ0) is 11.9. The van der Waals surface area contributed by atoms with Gasteiger partial charge in [0.15, 0.2) is 4.34 Å². The number of nitrogens with zero attached hydrogens (tertiary/aromatic N) is 3. The summed E-state index contributed by atoms with van der Waals surface area (Å²) in [6, 6.07) is 4.06. The fourth-order valence-corrected chi connectivity index (χ4v) is 2.82. The first-order chi connectivity index (χ1) is 8.40. The lowest BCUT2D eigenvalue weighted by molar-refractivity contribution is 0.665. The van der Waals surface area contributed by atoms with Crippen LogP contribution in [0.1, 0.15) is 18.9 Å². The standard InChI is InChI=1S/C11H14N4S2/c1-2-5-12-7-9-4-3-6-13-10(9)17-11-15-14-8-16-11/h3-4,6,8,12H,2,5,7H2,1H3. The van der Waals surface area contributed by atoms with Crippen molar-refractivity contribution in [2.24, 2.45) is 0 Å². The maximum atomic E-state index is 4.39. The molecule has 2 heterocycles. The maximum absolute atomic E-state index is 4.39. The van der Waals surface area contributed by atoms with Crippen LogP contribution in [-0.4, -0.2) is 21.7 Å². The number of pyridine rings is 1. The van der Waals surface area contributed by atoms with E-state index in [1.54, 1.807) is 17.3 Å². The number of hydrogen-bond donors (Lipinski definition) is 1. The topological polar surface area (TPSA) is 50.7 Å². The van der Waals surface area contributed by atoms with Crippen LogP contribution in [0.2, 0.25) is 0 Å². The van der Waals surface area contributed by atoms with Crippen LogP contribution in [0.25, 0.3) is 0 Å². The fraction of sp³-hybridized carbons (Fsp3) is 0.364. The lowest BCUT2D eigenvalue weighted by Gasteiger charge is -2.07. The average Bonchev–Trinajstić information content (AvgIpc) is 2.84. The Morgan fingerprint density at radius 3 is 3.18 bits per heavy atom. The summed E-state index contributed by atoms with van der Waals surface area (Å²) < 4.78 is 0.931. The van der Waals surface area contributed by atoms with Gasteiger partial charge < -0.3 is 5.32 Å². The summed E-state index contributed by atoms with van der Waals surface area (Å²) >= 11 is 3.11. The van der Waals surface area contributed by atoms with E-state index >= 15 is 0 Å². The summed E-state index contributed by atoms with van der Waals surface area (Å²) in [6.45, 7) is 4.04. The molecule has 6 heteroatoms. The maximum Gasteiger partial charge on any atom is 0.180 e. The van der Waals surface area contributed by atoms with Gasteiger partial charge in [-0.25, -0.2) is 4.98 Å². The largest absolute Gasteiger partial charge is 0.313 e. The van der Waals surface area contributed by atoms with E-state index in [2.05, 4.69) is 33.5 Å². The second kappa shape index (κ2) is 6.68. The van der Waals surface area contributed by atoms with Crippen molar-refractivity contribution in [2.75, 3.05) is 6.54 Å². The minimum atomic E-state index is 0.850. The first kappa shape index (κ1) is 12.5. The van der Waals surface area contributed by atoms with Crippen molar-refractivity contribution in [1.29, 1.82) is 0 Å². The van der Waals surface area contributed by atoms with Gasteiger partial charge in [0.1, 0.15) is 10.5 Å². The summed E-state index contributed by atoms with van der Waals surface area (Å²) in [5.41, 5.74) is 2.95. The smallest absolute Gasteiger partial charge is 0.180 e. The number of rotatable bonds is 6. The van der Waals surface area contributed by atoms with Crippen LogP contribution in [-0.2, 0) is 6.54 Å². The van der Waals surface area contributed by atoms with E-state index in [0.717, 1.165) is 28.9 Å². The van der Waals surface area contributed by atoms with E-state index in [0.29, 0.717) is 0 Å². The lowest BCUT2D eigenvalue weighted by Crippen LogP contribution is -2.14. The molecule has 4 nitrogen and oxygen atoms in total. The van der Waals surface area contributed by atoms with Gasteiger partial charge in [-0.3, -0.25) is 0 Å². The van der Waals surface area contributed by atoms with Crippen molar-refractivity contribution < 1.29 is 0 Å². The fourth-order valence-electron chi connectivity index (χ4n) is 1.34. The van der Waals surface area contributed by atoms with Gasteiger partial charge in [0.05, 0.1) is 0 Å². The Morgan fingerprint density at radius 2 is 2.41 bits per heavy atom. The zero-order valence-electron chi connectivity index (χ0n) is 9.59. The third-order valence-electron chi connectivity index (χ3n) is 2.12. The van der Waals surface area contributed by atoms with Crippen LogP contribution < -0.4 is 5.32 Å². The molecule has 0 unspecified atom stereocenters. The monoisotopic (exact) mass is 266 g/mol. The van der Waals surface area contributed by atoms with E-state index in [-0.39, 0.29) is 0 Å². The Hall–Kier alpha value is -0.980. The minimum Gasteiger partial charge on any atom is -0.313 e. The molecule has 17 heavy (non-hydrogen) atoms. The molecule has 0 aliphatic rings. The van der Waals surface area contributed by atoms with E-state index < -0.39 is 0 Å². The Balaban J connectivity index is 2.05. The molecule has 0 atom stereocenters. The van der Waals surface area contributed by atoms with E-state index in [4.69, 9.17) is 0 Å². The van der Waals surface area contributed by atoms with Crippen molar-refractivity contribution in [1.82, 2.24) is 20.5 Å². The number of aromatic nitrogens is 3. The molecule has 0 aliphatic heterocycles. The SMILES string of the molecule is CCCNCc1cccnc1Sc1nncs1. The Morgan fingerprint density at radius 1 is 1.47 bits per heavy atom. The van der Waals surface area contributed by atoms with Gasteiger partial charge in [-0.2, -0.15) is 0 Å². The van der Waals surface area contributed by atoms with Crippen molar-refractivity contribution in [2.45, 2.75) is 29.3 Å². The van der Waals surface area contributed by atoms with Gasteiger partial charge in [-0.15, -0.1) is 10.2 Å². The van der Waals surface area contributed by atoms with E-state index in [1.165, 1.54) is 16.9 Å². The Bertz CT molecular complexity index is 444. The highest BCUT2D eigenvalue weighted by atomic mass is 32.2. The quantitative estimate of drug-likeness (QED) is 0.814. The van der Waals surface area contributed by atoms with E-state index in [1.807, 2.05) is 12.3 Å². The molecule has 0 bridgehead atoms. The van der Waals surface area contributed by atoms with Crippen molar-refractivity contribution in [3.05, 3.63) is 29.4 Å². The van der Waals surface area contributed by atoms with Crippen LogP contribution in [0.3, 0.4) is 0 Å². The Kier molecular flexibility index (Phi) is 4.90. The second-order valence-corrected chi connectivity index (χ2v) is 5.52. The highest BCUT2D eigenvalue weighted by molar-refractivity contribution is 8.01. The van der Waals surface area contributed by atoms with Gasteiger partial charge in [0.25, 0.3) is 0 Å². The normalized spacial score (nSPS) is 10.6. The van der Waals surface area contributed by atoms with Crippen molar-refractivity contribution in [3.8, 4) is 0 Å². The van der Waals surface area contributed by atoms with Crippen molar-refractivity contribution >= 4 is 23.1 Å². The first-order valence-electron chi connectivity index (χ1n) is 5.48. The zero-order valence-corrected chi connectivity index (χ0v) is 11.2. The highest BCUT2D eigenvalue weighted by Crippen LogP contribution is 2.29. The van der Waals surface area contributed by atoms with Crippen LogP contribution in [0, 0.1) is 0 Å². The average molecular weight is 266 g/mol. The van der Waals surface area contributed by atoms with Crippen LogP contribution >= 0.6 is 23.1 Å². The highest BCUT2D eigenvalue weighted by Gasteiger charge is 2.07. The summed E-state index contributed by atoms with van der Waals surface area (Å²) in [5.74, 6) is 0. The minimum absolute atomic E-state index is 0.850. The molecule has 0 aliphatic carbocycles. The number of nitrogens with one attached hydrogen (secondary N) is 1. The van der Waals surface area contributed by atoms with Crippen LogP contribution in [0.4, 0.5) is 0 Å². The summed E-state index contributed by atoms with van der Waals surface area (Å²) in [6.07, 6.45) is 2.95. The summed E-state index contributed by atoms with van der Waals surface area (Å²) in [4.78, 5) is 4.39. The second-order valence-electron chi connectivity index (χ2n) is 3.45. The molecule has 2 rings (SSSR count). The van der Waals surface area contributed by atoms with Gasteiger partial charge in [-0.05, 0) is 36.4 Å². The molecule has 0 saturated heterocycles. The van der Waals surface area contributed by atoms with Gasteiger partial charge in [0.2, 0.25) is 0 Å². The van der Waals surface area contributed by atoms with Gasteiger partial charge in [-0.1, -0.05) is 24.3 Å². The third-order valence-corrected chi connectivity index (χ3v) is 3.96. The van der Waals surface area contributed by atoms with Crippen LogP contribution in [0.15, 0.2) is 33.2 Å². The molecular weight excluding hydrogens is 252 g/mol. The molecule has 0 radical (unpaired) electrons. The molecule has 0 aromatic carbocycles. The molecule has 0 fully saturated rings. The third kappa shape index (κ3) is 3.76. The molecule has 90 valence electrons. The Labute approximate surface area is 109 Å². The molecule has 2 aromatic heterocycles. The number of hydrogen-bond acceptors (Lipinski definition) is 6. The van der Waals surface area contributed by atoms with Gasteiger partial charge >= 0.3 is 0 Å². The predicted molar refractivity (Wildman–Crippen MR) is 70.3 cm³/mol.